The zero-order valence-corrected chi connectivity index (χ0v) is 17.0. The van der Waals surface area contributed by atoms with E-state index in [1.807, 2.05) is 48.5 Å². The summed E-state index contributed by atoms with van der Waals surface area (Å²) in [6.45, 7) is 1.08. The van der Waals surface area contributed by atoms with E-state index in [1.165, 1.54) is 11.3 Å². The second-order valence-corrected chi connectivity index (χ2v) is 8.14. The first-order valence-electron chi connectivity index (χ1n) is 9.86. The van der Waals surface area contributed by atoms with Crippen molar-refractivity contribution >= 4 is 32.6 Å². The van der Waals surface area contributed by atoms with E-state index >= 15 is 0 Å². The smallest absolute Gasteiger partial charge is 0.227 e. The van der Waals surface area contributed by atoms with Crippen molar-refractivity contribution in [3.05, 3.63) is 83.9 Å². The average Bonchev–Trinajstić information content (AvgIpc) is 3.17. The average molecular weight is 417 g/mol. The van der Waals surface area contributed by atoms with Gasteiger partial charge in [0.15, 0.2) is 16.6 Å². The molecule has 1 N–H and O–H groups in total. The lowest BCUT2D eigenvalue weighted by Crippen LogP contribution is -2.16. The van der Waals surface area contributed by atoms with E-state index in [9.17, 15) is 4.79 Å². The van der Waals surface area contributed by atoms with Crippen molar-refractivity contribution in [3.8, 4) is 11.5 Å². The quantitative estimate of drug-likeness (QED) is 0.484. The van der Waals surface area contributed by atoms with E-state index in [2.05, 4.69) is 34.6 Å². The molecule has 3 aromatic carbocycles. The molecule has 0 fully saturated rings. The van der Waals surface area contributed by atoms with Crippen molar-refractivity contribution in [2.24, 2.45) is 0 Å². The van der Waals surface area contributed by atoms with Crippen molar-refractivity contribution in [2.75, 3.05) is 18.5 Å². The van der Waals surface area contributed by atoms with Crippen molar-refractivity contribution in [1.29, 1.82) is 0 Å². The van der Waals surface area contributed by atoms with E-state index in [-0.39, 0.29) is 11.8 Å². The van der Waals surface area contributed by atoms with Crippen molar-refractivity contribution < 1.29 is 14.3 Å². The largest absolute Gasteiger partial charge is 0.486 e. The van der Waals surface area contributed by atoms with Crippen LogP contribution in [-0.2, 0) is 4.79 Å². The first kappa shape index (κ1) is 18.6. The molecular formula is C24H20N2O3S. The number of aromatic nitrogens is 1. The molecule has 1 aliphatic rings. The summed E-state index contributed by atoms with van der Waals surface area (Å²) >= 11 is 1.44. The van der Waals surface area contributed by atoms with Gasteiger partial charge in [0.05, 0.1) is 10.2 Å². The number of amides is 1. The summed E-state index contributed by atoms with van der Waals surface area (Å²) in [5.74, 6) is 1.34. The van der Waals surface area contributed by atoms with Crippen LogP contribution in [0.4, 0.5) is 5.13 Å². The predicted octanol–water partition coefficient (Wildman–Crippen LogP) is 5.23. The van der Waals surface area contributed by atoms with Gasteiger partial charge in [-0.05, 0) is 11.1 Å². The Kier molecular flexibility index (Phi) is 5.07. The maximum Gasteiger partial charge on any atom is 0.227 e. The number of carbonyl (C=O) groups is 1. The standard InChI is InChI=1S/C24H20N2O3S/c27-23(13-18(16-7-3-1-4-8-16)17-9-5-2-6-10-17)26-24-25-19-14-20-21(15-22(19)30-24)29-12-11-28-20/h1-10,14-15,18H,11-13H2,(H,25,26,27). The highest BCUT2D eigenvalue weighted by atomic mass is 32.1. The van der Waals surface area contributed by atoms with Crippen LogP contribution in [0, 0.1) is 0 Å². The van der Waals surface area contributed by atoms with E-state index in [1.54, 1.807) is 0 Å². The summed E-state index contributed by atoms with van der Waals surface area (Å²) < 4.78 is 12.2. The molecule has 4 aromatic rings. The Bertz CT molecular complexity index is 1090. The van der Waals surface area contributed by atoms with Gasteiger partial charge in [-0.1, -0.05) is 72.0 Å². The summed E-state index contributed by atoms with van der Waals surface area (Å²) in [7, 11) is 0. The highest BCUT2D eigenvalue weighted by molar-refractivity contribution is 7.22. The Morgan fingerprint density at radius 1 is 0.933 bits per heavy atom. The van der Waals surface area contributed by atoms with Crippen LogP contribution in [0.15, 0.2) is 72.8 Å². The minimum atomic E-state index is -0.0657. The maximum absolute atomic E-state index is 12.9. The minimum absolute atomic E-state index is 0.0177. The molecule has 0 saturated heterocycles. The number of carbonyl (C=O) groups excluding carboxylic acids is 1. The molecule has 0 aliphatic carbocycles. The Hall–Kier alpha value is -3.38. The number of thiazole rings is 1. The van der Waals surface area contributed by atoms with Gasteiger partial charge in [-0.2, -0.15) is 0 Å². The molecule has 0 bridgehead atoms. The van der Waals surface area contributed by atoms with Crippen LogP contribution in [0.1, 0.15) is 23.5 Å². The fourth-order valence-electron chi connectivity index (χ4n) is 3.67. The van der Waals surface area contributed by atoms with Crippen LogP contribution in [-0.4, -0.2) is 24.1 Å². The molecule has 0 unspecified atom stereocenters. The Labute approximate surface area is 178 Å². The van der Waals surface area contributed by atoms with Crippen molar-refractivity contribution in [2.45, 2.75) is 12.3 Å². The molecule has 1 amide bonds. The summed E-state index contributed by atoms with van der Waals surface area (Å²) in [5, 5.41) is 3.56. The number of fused-ring (bicyclic) bond motifs is 2. The van der Waals surface area contributed by atoms with Crippen LogP contribution in [0.5, 0.6) is 11.5 Å². The number of hydrogen-bond acceptors (Lipinski definition) is 5. The van der Waals surface area contributed by atoms with Gasteiger partial charge >= 0.3 is 0 Å². The highest BCUT2D eigenvalue weighted by Crippen LogP contribution is 2.38. The number of hydrogen-bond donors (Lipinski definition) is 1. The lowest BCUT2D eigenvalue weighted by atomic mass is 9.88. The molecule has 2 heterocycles. The predicted molar refractivity (Wildman–Crippen MR) is 119 cm³/mol. The lowest BCUT2D eigenvalue weighted by molar-refractivity contribution is -0.116. The molecule has 1 aromatic heterocycles. The number of nitrogens with zero attached hydrogens (tertiary/aromatic N) is 1. The van der Waals surface area contributed by atoms with Gasteiger partial charge in [-0.15, -0.1) is 0 Å². The van der Waals surface area contributed by atoms with E-state index in [0.29, 0.717) is 30.5 Å². The van der Waals surface area contributed by atoms with Gasteiger partial charge in [0.25, 0.3) is 0 Å². The third-order valence-electron chi connectivity index (χ3n) is 5.09. The van der Waals surface area contributed by atoms with E-state index in [0.717, 1.165) is 27.1 Å². The first-order valence-corrected chi connectivity index (χ1v) is 10.7. The summed E-state index contributed by atoms with van der Waals surface area (Å²) in [4.78, 5) is 17.5. The molecule has 150 valence electrons. The fourth-order valence-corrected chi connectivity index (χ4v) is 4.57. The normalized spacial score (nSPS) is 12.8. The number of rotatable bonds is 5. The molecule has 0 atom stereocenters. The second kappa shape index (κ2) is 8.16. The van der Waals surface area contributed by atoms with Gasteiger partial charge < -0.3 is 14.8 Å². The molecule has 30 heavy (non-hydrogen) atoms. The lowest BCUT2D eigenvalue weighted by Gasteiger charge is -2.17. The van der Waals surface area contributed by atoms with Gasteiger partial charge in [-0.3, -0.25) is 4.79 Å². The summed E-state index contributed by atoms with van der Waals surface area (Å²) in [6, 6.07) is 24.0. The van der Waals surface area contributed by atoms with Crippen LogP contribution in [0.25, 0.3) is 10.2 Å². The van der Waals surface area contributed by atoms with Gasteiger partial charge in [0.2, 0.25) is 5.91 Å². The van der Waals surface area contributed by atoms with E-state index in [4.69, 9.17) is 9.47 Å². The number of anilines is 1. The monoisotopic (exact) mass is 416 g/mol. The van der Waals surface area contributed by atoms with Crippen LogP contribution < -0.4 is 14.8 Å². The molecular weight excluding hydrogens is 396 g/mol. The topological polar surface area (TPSA) is 60.5 Å². The van der Waals surface area contributed by atoms with Crippen LogP contribution in [0.2, 0.25) is 0 Å². The molecule has 5 nitrogen and oxygen atoms in total. The maximum atomic E-state index is 12.9. The Morgan fingerprint density at radius 3 is 2.17 bits per heavy atom. The van der Waals surface area contributed by atoms with Crippen molar-refractivity contribution in [1.82, 2.24) is 4.98 Å². The van der Waals surface area contributed by atoms with E-state index < -0.39 is 0 Å². The zero-order chi connectivity index (χ0) is 20.3. The first-order chi connectivity index (χ1) is 14.8. The van der Waals surface area contributed by atoms with Crippen molar-refractivity contribution in [3.63, 3.8) is 0 Å². The third-order valence-corrected chi connectivity index (χ3v) is 6.03. The highest BCUT2D eigenvalue weighted by Gasteiger charge is 2.20. The van der Waals surface area contributed by atoms with Crippen LogP contribution in [0.3, 0.4) is 0 Å². The van der Waals surface area contributed by atoms with Crippen LogP contribution >= 0.6 is 11.3 Å². The second-order valence-electron chi connectivity index (χ2n) is 7.11. The molecule has 5 rings (SSSR count). The Morgan fingerprint density at radius 2 is 1.53 bits per heavy atom. The SMILES string of the molecule is O=C(CC(c1ccccc1)c1ccccc1)Nc1nc2cc3c(cc2s1)OCCO3. The molecule has 1 aliphatic heterocycles. The molecule has 0 saturated carbocycles. The summed E-state index contributed by atoms with van der Waals surface area (Å²) in [5.41, 5.74) is 3.03. The fraction of sp³-hybridized carbons (Fsp3) is 0.167. The third kappa shape index (κ3) is 3.86. The molecule has 6 heteroatoms. The van der Waals surface area contributed by atoms with Gasteiger partial charge in [-0.25, -0.2) is 4.98 Å². The minimum Gasteiger partial charge on any atom is -0.486 e. The Balaban J connectivity index is 1.37. The summed E-state index contributed by atoms with van der Waals surface area (Å²) in [6.07, 6.45) is 0.340. The van der Waals surface area contributed by atoms with Gasteiger partial charge in [0.1, 0.15) is 13.2 Å². The zero-order valence-electron chi connectivity index (χ0n) is 16.2. The molecule has 0 radical (unpaired) electrons. The number of benzene rings is 3. The number of nitrogens with one attached hydrogen (secondary N) is 1. The van der Waals surface area contributed by atoms with Gasteiger partial charge in [0, 0.05) is 24.5 Å². The number of ether oxygens (including phenoxy) is 2. The molecule has 0 spiro atoms.